The normalized spacial score (nSPS) is 16.9. The molecule has 1 nitrogen and oxygen atoms in total. The van der Waals surface area contributed by atoms with Crippen LogP contribution in [0, 0.1) is 0 Å². The van der Waals surface area contributed by atoms with Gasteiger partial charge in [-0.2, -0.15) is 0 Å². The first kappa shape index (κ1) is 8.12. The zero-order chi connectivity index (χ0) is 8.27. The van der Waals surface area contributed by atoms with E-state index in [1.54, 1.807) is 0 Å². The average molecular weight is 149 g/mol. The summed E-state index contributed by atoms with van der Waals surface area (Å²) in [5.74, 6) is 0. The van der Waals surface area contributed by atoms with E-state index in [1.807, 2.05) is 7.05 Å². The van der Waals surface area contributed by atoms with Gasteiger partial charge < -0.3 is 5.32 Å². The summed E-state index contributed by atoms with van der Waals surface area (Å²) >= 11 is 0. The fraction of sp³-hybridized carbons (Fsp3) is 0.400. The third-order valence-corrected chi connectivity index (χ3v) is 2.02. The Bertz CT molecular complexity index is 221. The average Bonchev–Trinajstić information content (AvgIpc) is 2.05. The van der Waals surface area contributed by atoms with Crippen molar-refractivity contribution in [1.29, 1.82) is 0 Å². The van der Waals surface area contributed by atoms with E-state index in [0.29, 0.717) is 0 Å². The summed E-state index contributed by atoms with van der Waals surface area (Å²) in [6.45, 7) is 5.97. The monoisotopic (exact) mass is 149 g/mol. The van der Waals surface area contributed by atoms with Crippen molar-refractivity contribution in [2.24, 2.45) is 0 Å². The molecular formula is C10H15N. The molecule has 60 valence electrons. The van der Waals surface area contributed by atoms with Gasteiger partial charge in [-0.3, -0.25) is 0 Å². The maximum atomic E-state index is 3.91. The lowest BCUT2D eigenvalue weighted by Crippen LogP contribution is -2.08. The van der Waals surface area contributed by atoms with Crippen LogP contribution in [0.25, 0.3) is 0 Å². The highest BCUT2D eigenvalue weighted by Crippen LogP contribution is 2.20. The summed E-state index contributed by atoms with van der Waals surface area (Å²) in [4.78, 5) is 0. The first-order valence-electron chi connectivity index (χ1n) is 3.97. The molecule has 0 saturated heterocycles. The smallest absolute Gasteiger partial charge is 0.0107 e. The molecule has 0 aromatic carbocycles. The van der Waals surface area contributed by atoms with Gasteiger partial charge in [-0.05, 0) is 31.4 Å². The predicted molar refractivity (Wildman–Crippen MR) is 49.3 cm³/mol. The Hall–Kier alpha value is -0.980. The zero-order valence-electron chi connectivity index (χ0n) is 7.28. The van der Waals surface area contributed by atoms with Gasteiger partial charge in [0.05, 0.1) is 0 Å². The molecule has 1 aliphatic carbocycles. The molecule has 0 aliphatic heterocycles. The van der Waals surface area contributed by atoms with Crippen molar-refractivity contribution < 1.29 is 0 Å². The van der Waals surface area contributed by atoms with Crippen LogP contribution < -0.4 is 5.32 Å². The Morgan fingerprint density at radius 2 is 2.18 bits per heavy atom. The Morgan fingerprint density at radius 3 is 2.55 bits per heavy atom. The molecule has 0 saturated carbocycles. The highest BCUT2D eigenvalue weighted by Gasteiger charge is 2.04. The second kappa shape index (κ2) is 3.42. The van der Waals surface area contributed by atoms with Crippen molar-refractivity contribution >= 4 is 0 Å². The van der Waals surface area contributed by atoms with Crippen LogP contribution in [0.5, 0.6) is 0 Å². The second-order valence-electron chi connectivity index (χ2n) is 2.91. The summed E-state index contributed by atoms with van der Waals surface area (Å²) in [5, 5.41) is 3.15. The predicted octanol–water partition coefficient (Wildman–Crippen LogP) is 2.39. The molecule has 0 heterocycles. The first-order valence-corrected chi connectivity index (χ1v) is 3.97. The Labute approximate surface area is 68.5 Å². The van der Waals surface area contributed by atoms with Crippen molar-refractivity contribution in [3.8, 4) is 0 Å². The van der Waals surface area contributed by atoms with E-state index < -0.39 is 0 Å². The fourth-order valence-electron chi connectivity index (χ4n) is 1.20. The minimum absolute atomic E-state index is 1.12. The molecule has 0 spiro atoms. The molecule has 1 rings (SSSR count). The van der Waals surface area contributed by atoms with E-state index >= 15 is 0 Å². The number of hydrogen-bond acceptors (Lipinski definition) is 1. The van der Waals surface area contributed by atoms with Gasteiger partial charge in [0.1, 0.15) is 0 Å². The van der Waals surface area contributed by atoms with Gasteiger partial charge in [0, 0.05) is 12.7 Å². The molecule has 0 radical (unpaired) electrons. The quantitative estimate of drug-likeness (QED) is 0.635. The summed E-state index contributed by atoms with van der Waals surface area (Å²) in [5.41, 5.74) is 3.88. The molecule has 0 bridgehead atoms. The summed E-state index contributed by atoms with van der Waals surface area (Å²) in [7, 11) is 1.96. The maximum absolute atomic E-state index is 3.91. The van der Waals surface area contributed by atoms with Gasteiger partial charge in [0.15, 0.2) is 0 Å². The Kier molecular flexibility index (Phi) is 2.53. The van der Waals surface area contributed by atoms with E-state index in [4.69, 9.17) is 0 Å². The second-order valence-corrected chi connectivity index (χ2v) is 2.91. The van der Waals surface area contributed by atoms with Crippen LogP contribution in [-0.2, 0) is 0 Å². The van der Waals surface area contributed by atoms with Crippen molar-refractivity contribution in [1.82, 2.24) is 5.32 Å². The van der Waals surface area contributed by atoms with E-state index in [9.17, 15) is 0 Å². The lowest BCUT2D eigenvalue weighted by Gasteiger charge is -2.13. The SMILES string of the molecule is C=C(C)C1=CC=C(NC)CC1. The van der Waals surface area contributed by atoms with E-state index in [0.717, 1.165) is 12.8 Å². The highest BCUT2D eigenvalue weighted by molar-refractivity contribution is 5.34. The lowest BCUT2D eigenvalue weighted by molar-refractivity contribution is 0.819. The molecule has 11 heavy (non-hydrogen) atoms. The standard InChI is InChI=1S/C10H15N/c1-8(2)9-4-6-10(11-3)7-5-9/h4,6,11H,1,5,7H2,2-3H3. The van der Waals surface area contributed by atoms with Crippen LogP contribution in [0.3, 0.4) is 0 Å². The van der Waals surface area contributed by atoms with Gasteiger partial charge >= 0.3 is 0 Å². The molecule has 0 fully saturated rings. The van der Waals surface area contributed by atoms with Crippen LogP contribution in [-0.4, -0.2) is 7.05 Å². The van der Waals surface area contributed by atoms with Gasteiger partial charge in [0.2, 0.25) is 0 Å². The molecule has 1 heteroatoms. The molecule has 0 amide bonds. The van der Waals surface area contributed by atoms with Crippen LogP contribution in [0.15, 0.2) is 35.6 Å². The lowest BCUT2D eigenvalue weighted by atomic mass is 9.98. The minimum Gasteiger partial charge on any atom is -0.391 e. The summed E-state index contributed by atoms with van der Waals surface area (Å²) < 4.78 is 0. The molecule has 0 unspecified atom stereocenters. The highest BCUT2D eigenvalue weighted by atomic mass is 14.8. The van der Waals surface area contributed by atoms with Crippen LogP contribution in [0.1, 0.15) is 19.8 Å². The molecular weight excluding hydrogens is 134 g/mol. The van der Waals surface area contributed by atoms with Crippen LogP contribution >= 0.6 is 0 Å². The molecule has 0 atom stereocenters. The van der Waals surface area contributed by atoms with E-state index in [1.165, 1.54) is 16.8 Å². The molecule has 0 aromatic rings. The van der Waals surface area contributed by atoms with Gasteiger partial charge in [-0.25, -0.2) is 0 Å². The number of nitrogens with one attached hydrogen (secondary N) is 1. The van der Waals surface area contributed by atoms with Gasteiger partial charge in [-0.15, -0.1) is 0 Å². The summed E-state index contributed by atoms with van der Waals surface area (Å²) in [6, 6.07) is 0. The third kappa shape index (κ3) is 1.97. The van der Waals surface area contributed by atoms with Gasteiger partial charge in [-0.1, -0.05) is 18.2 Å². The summed E-state index contributed by atoms with van der Waals surface area (Å²) in [6.07, 6.45) is 6.53. The molecule has 1 N–H and O–H groups in total. The van der Waals surface area contributed by atoms with Crippen LogP contribution in [0.4, 0.5) is 0 Å². The Morgan fingerprint density at radius 1 is 1.45 bits per heavy atom. The first-order chi connectivity index (χ1) is 5.24. The van der Waals surface area contributed by atoms with E-state index in [-0.39, 0.29) is 0 Å². The van der Waals surface area contributed by atoms with Gasteiger partial charge in [0.25, 0.3) is 0 Å². The number of allylic oxidation sites excluding steroid dienone is 5. The minimum atomic E-state index is 1.12. The topological polar surface area (TPSA) is 12.0 Å². The molecule has 1 aliphatic rings. The van der Waals surface area contributed by atoms with Crippen molar-refractivity contribution in [3.05, 3.63) is 35.6 Å². The van der Waals surface area contributed by atoms with Crippen molar-refractivity contribution in [2.75, 3.05) is 7.05 Å². The number of rotatable bonds is 2. The van der Waals surface area contributed by atoms with Crippen LogP contribution in [0.2, 0.25) is 0 Å². The molecule has 0 aromatic heterocycles. The maximum Gasteiger partial charge on any atom is 0.0107 e. The largest absolute Gasteiger partial charge is 0.391 e. The Balaban J connectivity index is 2.69. The van der Waals surface area contributed by atoms with Crippen molar-refractivity contribution in [3.63, 3.8) is 0 Å². The van der Waals surface area contributed by atoms with E-state index in [2.05, 4.69) is 31.0 Å². The number of hydrogen-bond donors (Lipinski definition) is 1. The third-order valence-electron chi connectivity index (χ3n) is 2.02. The fourth-order valence-corrected chi connectivity index (χ4v) is 1.20. The zero-order valence-corrected chi connectivity index (χ0v) is 7.28. The van der Waals surface area contributed by atoms with Crippen molar-refractivity contribution in [2.45, 2.75) is 19.8 Å².